The number of fused-ring (bicyclic) bond motifs is 1. The number of aromatic nitrogens is 2. The molecule has 1 heterocycles. The summed E-state index contributed by atoms with van der Waals surface area (Å²) in [5.41, 5.74) is 3.57. The Kier molecular flexibility index (Phi) is 4.92. The molecule has 29 heavy (non-hydrogen) atoms. The van der Waals surface area contributed by atoms with Crippen molar-refractivity contribution in [1.82, 2.24) is 10.2 Å². The molecule has 7 nitrogen and oxygen atoms in total. The fourth-order valence-electron chi connectivity index (χ4n) is 3.93. The highest BCUT2D eigenvalue weighted by atomic mass is 19.1. The van der Waals surface area contributed by atoms with Gasteiger partial charge in [0.25, 0.3) is 5.69 Å². The summed E-state index contributed by atoms with van der Waals surface area (Å²) in [5, 5.41) is 18.7. The predicted octanol–water partition coefficient (Wildman–Crippen LogP) is 4.41. The van der Waals surface area contributed by atoms with E-state index in [2.05, 4.69) is 10.2 Å². The van der Waals surface area contributed by atoms with Gasteiger partial charge in [-0.2, -0.15) is 5.10 Å². The lowest BCUT2D eigenvalue weighted by Crippen LogP contribution is -2.13. The van der Waals surface area contributed by atoms with Gasteiger partial charge in [0.1, 0.15) is 23.0 Å². The van der Waals surface area contributed by atoms with Crippen LogP contribution in [0.5, 0.6) is 11.5 Å². The minimum Gasteiger partial charge on any atom is -0.497 e. The number of benzene rings is 2. The Morgan fingerprint density at radius 3 is 2.55 bits per heavy atom. The number of aromatic amines is 1. The molecule has 0 saturated heterocycles. The number of hydrogen-bond acceptors (Lipinski definition) is 5. The summed E-state index contributed by atoms with van der Waals surface area (Å²) < 4.78 is 24.2. The van der Waals surface area contributed by atoms with Crippen LogP contribution in [-0.2, 0) is 12.8 Å². The van der Waals surface area contributed by atoms with Crippen molar-refractivity contribution >= 4 is 5.69 Å². The molecule has 0 spiro atoms. The predicted molar refractivity (Wildman–Crippen MR) is 105 cm³/mol. The molecular weight excluding hydrogens is 377 g/mol. The molecule has 1 aliphatic rings. The Labute approximate surface area is 166 Å². The highest BCUT2D eigenvalue weighted by molar-refractivity contribution is 5.74. The van der Waals surface area contributed by atoms with Crippen LogP contribution in [0.1, 0.15) is 29.2 Å². The maximum atomic E-state index is 13.5. The molecule has 1 aliphatic carbocycles. The lowest BCUT2D eigenvalue weighted by Gasteiger charge is -2.23. The normalized spacial score (nSPS) is 15.6. The molecule has 1 unspecified atom stereocenters. The van der Waals surface area contributed by atoms with E-state index in [0.717, 1.165) is 40.8 Å². The van der Waals surface area contributed by atoms with Gasteiger partial charge in [0, 0.05) is 17.3 Å². The second-order valence-corrected chi connectivity index (χ2v) is 7.03. The second kappa shape index (κ2) is 7.54. The Hall–Kier alpha value is -3.42. The van der Waals surface area contributed by atoms with Crippen LogP contribution in [0.15, 0.2) is 36.4 Å². The van der Waals surface area contributed by atoms with Crippen LogP contribution < -0.4 is 9.47 Å². The van der Waals surface area contributed by atoms with Crippen LogP contribution in [-0.4, -0.2) is 29.3 Å². The number of rotatable bonds is 5. The van der Waals surface area contributed by atoms with Gasteiger partial charge < -0.3 is 9.47 Å². The fraction of sp³-hybridized carbons (Fsp3) is 0.286. The molecule has 2 aromatic carbocycles. The zero-order chi connectivity index (χ0) is 20.5. The molecule has 3 aromatic rings. The maximum absolute atomic E-state index is 13.5. The van der Waals surface area contributed by atoms with Crippen LogP contribution in [0.4, 0.5) is 10.1 Å². The lowest BCUT2D eigenvalue weighted by atomic mass is 9.81. The van der Waals surface area contributed by atoms with Gasteiger partial charge in [0.2, 0.25) is 0 Å². The third kappa shape index (κ3) is 3.53. The summed E-state index contributed by atoms with van der Waals surface area (Å²) in [4.78, 5) is 10.8. The zero-order valence-corrected chi connectivity index (χ0v) is 16.1. The molecule has 8 heteroatoms. The van der Waals surface area contributed by atoms with E-state index in [1.165, 1.54) is 12.1 Å². The van der Waals surface area contributed by atoms with Crippen molar-refractivity contribution in [1.29, 1.82) is 0 Å². The van der Waals surface area contributed by atoms with E-state index in [9.17, 15) is 14.5 Å². The second-order valence-electron chi connectivity index (χ2n) is 7.03. The van der Waals surface area contributed by atoms with Crippen molar-refractivity contribution in [2.24, 2.45) is 0 Å². The summed E-state index contributed by atoms with van der Waals surface area (Å²) in [6.07, 6.45) is 2.28. The van der Waals surface area contributed by atoms with Crippen LogP contribution in [0.25, 0.3) is 11.3 Å². The molecule has 1 atom stereocenters. The third-order valence-corrected chi connectivity index (χ3v) is 5.40. The van der Waals surface area contributed by atoms with E-state index < -0.39 is 10.7 Å². The van der Waals surface area contributed by atoms with E-state index in [1.807, 2.05) is 18.2 Å². The van der Waals surface area contributed by atoms with Crippen molar-refractivity contribution in [2.75, 3.05) is 14.2 Å². The molecule has 0 radical (unpaired) electrons. The van der Waals surface area contributed by atoms with Crippen molar-refractivity contribution in [3.63, 3.8) is 0 Å². The van der Waals surface area contributed by atoms with Gasteiger partial charge in [0.05, 0.1) is 30.8 Å². The number of nitrogens with one attached hydrogen (secondary N) is 1. The van der Waals surface area contributed by atoms with Gasteiger partial charge in [-0.1, -0.05) is 0 Å². The van der Waals surface area contributed by atoms with Gasteiger partial charge >= 0.3 is 0 Å². The first-order chi connectivity index (χ1) is 14.0. The molecule has 0 bridgehead atoms. The highest BCUT2D eigenvalue weighted by Gasteiger charge is 2.28. The van der Waals surface area contributed by atoms with Crippen molar-refractivity contribution in [2.45, 2.75) is 25.2 Å². The van der Waals surface area contributed by atoms with Crippen LogP contribution >= 0.6 is 0 Å². The van der Waals surface area contributed by atoms with Crippen LogP contribution in [0.2, 0.25) is 0 Å². The minimum absolute atomic E-state index is 0.239. The number of nitrogens with zero attached hydrogens (tertiary/aromatic N) is 2. The third-order valence-electron chi connectivity index (χ3n) is 5.40. The van der Waals surface area contributed by atoms with Crippen molar-refractivity contribution in [3.05, 3.63) is 69.2 Å². The van der Waals surface area contributed by atoms with Gasteiger partial charge in [-0.3, -0.25) is 15.2 Å². The van der Waals surface area contributed by atoms with E-state index in [4.69, 9.17) is 9.47 Å². The van der Waals surface area contributed by atoms with Crippen LogP contribution in [0, 0.1) is 15.9 Å². The number of halogens is 1. The van der Waals surface area contributed by atoms with Gasteiger partial charge in [-0.05, 0) is 55.0 Å². The topological polar surface area (TPSA) is 90.3 Å². The van der Waals surface area contributed by atoms with Crippen molar-refractivity contribution in [3.8, 4) is 22.8 Å². The fourth-order valence-corrected chi connectivity index (χ4v) is 3.93. The molecule has 0 fully saturated rings. The first-order valence-electron chi connectivity index (χ1n) is 9.23. The van der Waals surface area contributed by atoms with E-state index in [1.54, 1.807) is 14.2 Å². The Morgan fingerprint density at radius 1 is 1.17 bits per heavy atom. The summed E-state index contributed by atoms with van der Waals surface area (Å²) in [6, 6.07) is 9.41. The smallest absolute Gasteiger partial charge is 0.281 e. The standard InChI is InChI=1S/C21H20FN3O4/c1-28-15-7-13(8-16(11-15)29-2)12-3-5-17-19(9-12)23-24-21(17)18-6-4-14(22)10-20(18)25(26)27/h4,6-8,10-12H,3,5,9H2,1-2H3,(H,23,24). The largest absolute Gasteiger partial charge is 0.497 e. The van der Waals surface area contributed by atoms with Gasteiger partial charge in [-0.25, -0.2) is 4.39 Å². The molecular formula is C21H20FN3O4. The van der Waals surface area contributed by atoms with Gasteiger partial charge in [-0.15, -0.1) is 0 Å². The van der Waals surface area contributed by atoms with E-state index in [0.29, 0.717) is 24.1 Å². The monoisotopic (exact) mass is 397 g/mol. The Bertz CT molecular complexity index is 1060. The number of H-pyrrole nitrogens is 1. The molecule has 0 saturated carbocycles. The Balaban J connectivity index is 1.68. The molecule has 1 aromatic heterocycles. The number of hydrogen-bond donors (Lipinski definition) is 1. The lowest BCUT2D eigenvalue weighted by molar-refractivity contribution is -0.384. The quantitative estimate of drug-likeness (QED) is 0.509. The number of nitro benzene ring substituents is 1. The maximum Gasteiger partial charge on any atom is 0.281 e. The minimum atomic E-state index is -0.642. The molecule has 0 aliphatic heterocycles. The summed E-state index contributed by atoms with van der Waals surface area (Å²) in [6.45, 7) is 0. The zero-order valence-electron chi connectivity index (χ0n) is 16.1. The SMILES string of the molecule is COc1cc(OC)cc(C2CCc3c(-c4ccc(F)cc4[N+](=O)[O-])n[nH]c3C2)c1. The highest BCUT2D eigenvalue weighted by Crippen LogP contribution is 2.40. The average Bonchev–Trinajstić information content (AvgIpc) is 3.16. The Morgan fingerprint density at radius 2 is 1.90 bits per heavy atom. The summed E-state index contributed by atoms with van der Waals surface area (Å²) >= 11 is 0. The average molecular weight is 397 g/mol. The summed E-state index contributed by atoms with van der Waals surface area (Å²) in [7, 11) is 3.24. The molecule has 0 amide bonds. The van der Waals surface area contributed by atoms with E-state index in [-0.39, 0.29) is 11.6 Å². The van der Waals surface area contributed by atoms with Crippen LogP contribution in [0.3, 0.4) is 0 Å². The number of ether oxygens (including phenoxy) is 2. The van der Waals surface area contributed by atoms with Gasteiger partial charge in [0.15, 0.2) is 0 Å². The van der Waals surface area contributed by atoms with E-state index >= 15 is 0 Å². The number of methoxy groups -OCH3 is 2. The molecule has 4 rings (SSSR count). The first-order valence-corrected chi connectivity index (χ1v) is 9.23. The molecule has 150 valence electrons. The summed E-state index contributed by atoms with van der Waals surface area (Å²) in [5.74, 6) is 1.06. The molecule has 1 N–H and O–H groups in total. The van der Waals surface area contributed by atoms with Crippen molar-refractivity contribution < 1.29 is 18.8 Å². The first kappa shape index (κ1) is 18.9. The number of nitro groups is 1.